The molecule has 1 amide bonds. The quantitative estimate of drug-likeness (QED) is 0.626. The minimum Gasteiger partial charge on any atom is -0.494 e. The Morgan fingerprint density at radius 3 is 2.74 bits per heavy atom. The fourth-order valence-corrected chi connectivity index (χ4v) is 1.70. The van der Waals surface area contributed by atoms with Gasteiger partial charge in [0.05, 0.1) is 13.2 Å². The van der Waals surface area contributed by atoms with Crippen LogP contribution in [0.1, 0.15) is 31.7 Å². The van der Waals surface area contributed by atoms with Gasteiger partial charge in [-0.15, -0.1) is 0 Å². The van der Waals surface area contributed by atoms with E-state index in [0.717, 1.165) is 0 Å². The zero-order valence-corrected chi connectivity index (χ0v) is 11.2. The van der Waals surface area contributed by atoms with Gasteiger partial charge in [0.15, 0.2) is 0 Å². The number of carbonyl (C=O) groups excluding carboxylic acids is 1. The van der Waals surface area contributed by atoms with E-state index in [-0.39, 0.29) is 19.1 Å². The molecular formula is C14H21NO4. The van der Waals surface area contributed by atoms with Crippen molar-refractivity contribution in [1.82, 2.24) is 0 Å². The molecule has 0 radical (unpaired) electrons. The molecule has 19 heavy (non-hydrogen) atoms. The van der Waals surface area contributed by atoms with Crippen molar-refractivity contribution in [2.24, 2.45) is 0 Å². The summed E-state index contributed by atoms with van der Waals surface area (Å²) in [6.07, 6.45) is 1.66. The van der Waals surface area contributed by atoms with Crippen molar-refractivity contribution in [2.45, 2.75) is 32.8 Å². The molecule has 0 fully saturated rings. The summed E-state index contributed by atoms with van der Waals surface area (Å²) in [7, 11) is 0. The summed E-state index contributed by atoms with van der Waals surface area (Å²) >= 11 is 0. The Morgan fingerprint density at radius 2 is 2.11 bits per heavy atom. The topological polar surface area (TPSA) is 78.8 Å². The van der Waals surface area contributed by atoms with E-state index in [0.29, 0.717) is 42.9 Å². The van der Waals surface area contributed by atoms with Crippen LogP contribution in [0.15, 0.2) is 18.2 Å². The van der Waals surface area contributed by atoms with Gasteiger partial charge >= 0.3 is 0 Å². The Morgan fingerprint density at radius 1 is 1.32 bits per heavy atom. The average Bonchev–Trinajstić information content (AvgIpc) is 2.41. The molecule has 0 heterocycles. The Labute approximate surface area is 113 Å². The van der Waals surface area contributed by atoms with Gasteiger partial charge in [-0.2, -0.15) is 0 Å². The van der Waals surface area contributed by atoms with Crippen molar-refractivity contribution >= 4 is 11.6 Å². The van der Waals surface area contributed by atoms with Crippen LogP contribution >= 0.6 is 0 Å². The van der Waals surface area contributed by atoms with Crippen LogP contribution in [0.3, 0.4) is 0 Å². The van der Waals surface area contributed by atoms with E-state index in [1.165, 1.54) is 0 Å². The second-order valence-corrected chi connectivity index (χ2v) is 4.14. The van der Waals surface area contributed by atoms with E-state index in [1.807, 2.05) is 6.92 Å². The van der Waals surface area contributed by atoms with Gasteiger partial charge in [-0.05, 0) is 38.0 Å². The van der Waals surface area contributed by atoms with Crippen LogP contribution in [0.5, 0.6) is 5.75 Å². The van der Waals surface area contributed by atoms with E-state index in [1.54, 1.807) is 18.2 Å². The van der Waals surface area contributed by atoms with E-state index < -0.39 is 0 Å². The molecule has 0 atom stereocenters. The van der Waals surface area contributed by atoms with Crippen LogP contribution in [0, 0.1) is 0 Å². The van der Waals surface area contributed by atoms with Crippen LogP contribution in [-0.2, 0) is 11.4 Å². The van der Waals surface area contributed by atoms with Gasteiger partial charge in [-0.3, -0.25) is 4.79 Å². The smallest absolute Gasteiger partial charge is 0.224 e. The van der Waals surface area contributed by atoms with Gasteiger partial charge in [0.2, 0.25) is 5.91 Å². The summed E-state index contributed by atoms with van der Waals surface area (Å²) in [5.41, 5.74) is 1.29. The monoisotopic (exact) mass is 267 g/mol. The van der Waals surface area contributed by atoms with Crippen molar-refractivity contribution < 1.29 is 19.7 Å². The molecule has 0 aliphatic heterocycles. The highest BCUT2D eigenvalue weighted by Crippen LogP contribution is 2.23. The number of nitrogens with one attached hydrogen (secondary N) is 1. The number of hydrogen-bond donors (Lipinski definition) is 3. The molecule has 1 rings (SSSR count). The van der Waals surface area contributed by atoms with E-state index in [9.17, 15) is 9.90 Å². The number of ether oxygens (including phenoxy) is 1. The lowest BCUT2D eigenvalue weighted by Crippen LogP contribution is -2.11. The molecule has 0 saturated heterocycles. The van der Waals surface area contributed by atoms with Crippen LogP contribution in [0.4, 0.5) is 5.69 Å². The summed E-state index contributed by atoms with van der Waals surface area (Å²) in [5, 5.41) is 20.7. The largest absolute Gasteiger partial charge is 0.494 e. The molecule has 0 aliphatic rings. The highest BCUT2D eigenvalue weighted by molar-refractivity contribution is 5.90. The lowest BCUT2D eigenvalue weighted by molar-refractivity contribution is -0.116. The molecule has 0 spiro atoms. The van der Waals surface area contributed by atoms with E-state index in [4.69, 9.17) is 9.84 Å². The maximum absolute atomic E-state index is 11.6. The standard InChI is InChI=1S/C14H21NO4/c1-2-19-13-7-6-12(9-11(13)10-17)15-14(18)5-3-4-8-16/h6-7,9,16-17H,2-5,8,10H2,1H3,(H,15,18). The van der Waals surface area contributed by atoms with E-state index >= 15 is 0 Å². The second kappa shape index (κ2) is 8.50. The number of hydrogen-bond acceptors (Lipinski definition) is 4. The molecule has 0 aliphatic carbocycles. The first-order chi connectivity index (χ1) is 9.21. The summed E-state index contributed by atoms with van der Waals surface area (Å²) in [6, 6.07) is 5.18. The average molecular weight is 267 g/mol. The fraction of sp³-hybridized carbons (Fsp3) is 0.500. The van der Waals surface area contributed by atoms with Gasteiger partial charge in [-0.1, -0.05) is 0 Å². The van der Waals surface area contributed by atoms with Crippen molar-refractivity contribution in [3.63, 3.8) is 0 Å². The number of unbranched alkanes of at least 4 members (excludes halogenated alkanes) is 1. The molecule has 0 saturated carbocycles. The lowest BCUT2D eigenvalue weighted by Gasteiger charge is -2.11. The van der Waals surface area contributed by atoms with Crippen molar-refractivity contribution in [1.29, 1.82) is 0 Å². The first kappa shape index (κ1) is 15.5. The van der Waals surface area contributed by atoms with Gasteiger partial charge in [0, 0.05) is 24.3 Å². The Hall–Kier alpha value is -1.59. The third-order valence-corrected chi connectivity index (χ3v) is 2.63. The minimum absolute atomic E-state index is 0.0958. The Kier molecular flexibility index (Phi) is 6.92. The van der Waals surface area contributed by atoms with Crippen molar-refractivity contribution in [3.05, 3.63) is 23.8 Å². The molecule has 0 bridgehead atoms. The summed E-state index contributed by atoms with van der Waals surface area (Å²) in [6.45, 7) is 2.37. The first-order valence-corrected chi connectivity index (χ1v) is 6.48. The Bertz CT molecular complexity index is 406. The Balaban J connectivity index is 2.61. The van der Waals surface area contributed by atoms with Crippen LogP contribution in [0.2, 0.25) is 0 Å². The molecule has 3 N–H and O–H groups in total. The minimum atomic E-state index is -0.135. The predicted octanol–water partition coefficient (Wildman–Crippen LogP) is 1.68. The van der Waals surface area contributed by atoms with Crippen LogP contribution < -0.4 is 10.1 Å². The number of benzene rings is 1. The fourth-order valence-electron chi connectivity index (χ4n) is 1.70. The van der Waals surface area contributed by atoms with Gasteiger partial charge in [0.1, 0.15) is 5.75 Å². The predicted molar refractivity (Wildman–Crippen MR) is 73.1 cm³/mol. The summed E-state index contributed by atoms with van der Waals surface area (Å²) in [5.74, 6) is 0.532. The molecule has 5 heteroatoms. The van der Waals surface area contributed by atoms with Crippen LogP contribution in [0.25, 0.3) is 0 Å². The van der Waals surface area contributed by atoms with E-state index in [2.05, 4.69) is 5.32 Å². The zero-order chi connectivity index (χ0) is 14.1. The van der Waals surface area contributed by atoms with Crippen molar-refractivity contribution in [3.8, 4) is 5.75 Å². The number of anilines is 1. The first-order valence-electron chi connectivity index (χ1n) is 6.48. The zero-order valence-electron chi connectivity index (χ0n) is 11.2. The number of aliphatic hydroxyl groups is 2. The molecule has 0 unspecified atom stereocenters. The van der Waals surface area contributed by atoms with Gasteiger partial charge < -0.3 is 20.3 Å². The molecular weight excluding hydrogens is 246 g/mol. The third kappa shape index (κ3) is 5.28. The van der Waals surface area contributed by atoms with Crippen molar-refractivity contribution in [2.75, 3.05) is 18.5 Å². The maximum Gasteiger partial charge on any atom is 0.224 e. The number of amides is 1. The maximum atomic E-state index is 11.6. The highest BCUT2D eigenvalue weighted by Gasteiger charge is 2.06. The molecule has 106 valence electrons. The SMILES string of the molecule is CCOc1ccc(NC(=O)CCCCO)cc1CO. The molecule has 5 nitrogen and oxygen atoms in total. The van der Waals surface area contributed by atoms with Gasteiger partial charge in [0.25, 0.3) is 0 Å². The number of rotatable bonds is 8. The molecule has 0 aromatic heterocycles. The lowest BCUT2D eigenvalue weighted by atomic mass is 10.1. The molecule has 1 aromatic rings. The number of carbonyl (C=O) groups is 1. The molecule has 1 aromatic carbocycles. The highest BCUT2D eigenvalue weighted by atomic mass is 16.5. The number of aliphatic hydroxyl groups excluding tert-OH is 2. The van der Waals surface area contributed by atoms with Gasteiger partial charge in [-0.25, -0.2) is 0 Å². The third-order valence-electron chi connectivity index (χ3n) is 2.63. The normalized spacial score (nSPS) is 10.3. The summed E-state index contributed by atoms with van der Waals surface area (Å²) in [4.78, 5) is 11.6. The summed E-state index contributed by atoms with van der Waals surface area (Å²) < 4.78 is 5.37. The second-order valence-electron chi connectivity index (χ2n) is 4.14. The van der Waals surface area contributed by atoms with Crippen LogP contribution in [-0.4, -0.2) is 29.3 Å².